The van der Waals surface area contributed by atoms with Gasteiger partial charge in [0, 0.05) is 13.7 Å². The lowest BCUT2D eigenvalue weighted by atomic mass is 10.1. The molecule has 4 nitrogen and oxygen atoms in total. The van der Waals surface area contributed by atoms with E-state index in [1.807, 2.05) is 6.92 Å². The highest BCUT2D eigenvalue weighted by Crippen LogP contribution is 2.21. The SMILES string of the molecule is COC(C)(CN)c1cnco1. The van der Waals surface area contributed by atoms with Gasteiger partial charge in [-0.1, -0.05) is 0 Å². The van der Waals surface area contributed by atoms with E-state index in [0.717, 1.165) is 0 Å². The third-order valence-corrected chi connectivity index (χ3v) is 1.79. The molecule has 0 spiro atoms. The first-order valence-corrected chi connectivity index (χ1v) is 3.37. The molecule has 1 aromatic rings. The van der Waals surface area contributed by atoms with Crippen molar-refractivity contribution in [3.05, 3.63) is 18.4 Å². The molecule has 0 radical (unpaired) electrons. The van der Waals surface area contributed by atoms with Gasteiger partial charge in [-0.15, -0.1) is 0 Å². The number of ether oxygens (including phenoxy) is 1. The lowest BCUT2D eigenvalue weighted by molar-refractivity contribution is -0.00779. The van der Waals surface area contributed by atoms with E-state index < -0.39 is 5.60 Å². The first-order valence-electron chi connectivity index (χ1n) is 3.37. The Morgan fingerprint density at radius 1 is 1.82 bits per heavy atom. The van der Waals surface area contributed by atoms with Gasteiger partial charge in [0.15, 0.2) is 12.2 Å². The molecule has 0 aliphatic heterocycles. The highest BCUT2D eigenvalue weighted by molar-refractivity contribution is 5.03. The number of nitrogens with zero attached hydrogens (tertiary/aromatic N) is 1. The second kappa shape index (κ2) is 3.02. The monoisotopic (exact) mass is 156 g/mol. The largest absolute Gasteiger partial charge is 0.445 e. The number of hydrogen-bond acceptors (Lipinski definition) is 4. The molecule has 1 rings (SSSR count). The van der Waals surface area contributed by atoms with Crippen molar-refractivity contribution in [1.29, 1.82) is 0 Å². The predicted molar refractivity (Wildman–Crippen MR) is 39.9 cm³/mol. The van der Waals surface area contributed by atoms with Gasteiger partial charge >= 0.3 is 0 Å². The van der Waals surface area contributed by atoms with Crippen molar-refractivity contribution in [2.75, 3.05) is 13.7 Å². The Morgan fingerprint density at radius 2 is 2.55 bits per heavy atom. The molecular weight excluding hydrogens is 144 g/mol. The molecule has 0 aliphatic rings. The summed E-state index contributed by atoms with van der Waals surface area (Å²) in [6.07, 6.45) is 2.97. The number of methoxy groups -OCH3 is 1. The highest BCUT2D eigenvalue weighted by Gasteiger charge is 2.27. The standard InChI is InChI=1S/C7H12N2O2/c1-7(4-8,10-2)6-3-9-5-11-6/h3,5H,4,8H2,1-2H3. The summed E-state index contributed by atoms with van der Waals surface area (Å²) < 4.78 is 10.2. The minimum atomic E-state index is -0.545. The zero-order valence-electron chi connectivity index (χ0n) is 6.70. The van der Waals surface area contributed by atoms with Crippen molar-refractivity contribution in [1.82, 2.24) is 4.98 Å². The van der Waals surface area contributed by atoms with Crippen LogP contribution in [0.15, 0.2) is 17.0 Å². The Bertz CT molecular complexity index is 204. The lowest BCUT2D eigenvalue weighted by Gasteiger charge is -2.22. The minimum absolute atomic E-state index is 0.374. The maximum Gasteiger partial charge on any atom is 0.181 e. The summed E-state index contributed by atoms with van der Waals surface area (Å²) in [5, 5.41) is 0. The molecule has 11 heavy (non-hydrogen) atoms. The summed E-state index contributed by atoms with van der Waals surface area (Å²) in [5.41, 5.74) is 4.95. The Balaban J connectivity index is 2.87. The molecule has 0 fully saturated rings. The van der Waals surface area contributed by atoms with E-state index >= 15 is 0 Å². The van der Waals surface area contributed by atoms with Gasteiger partial charge in [0.1, 0.15) is 5.60 Å². The van der Waals surface area contributed by atoms with Gasteiger partial charge in [0.2, 0.25) is 0 Å². The van der Waals surface area contributed by atoms with Crippen molar-refractivity contribution in [3.8, 4) is 0 Å². The number of rotatable bonds is 3. The molecule has 1 aromatic heterocycles. The predicted octanol–water partition coefficient (Wildman–Crippen LogP) is 0.495. The molecule has 1 heterocycles. The summed E-state index contributed by atoms with van der Waals surface area (Å²) in [6.45, 7) is 2.23. The van der Waals surface area contributed by atoms with Gasteiger partial charge in [-0.05, 0) is 6.92 Å². The van der Waals surface area contributed by atoms with E-state index in [9.17, 15) is 0 Å². The van der Waals surface area contributed by atoms with Crippen LogP contribution in [0.2, 0.25) is 0 Å². The van der Waals surface area contributed by atoms with Crippen molar-refractivity contribution < 1.29 is 9.15 Å². The molecule has 4 heteroatoms. The Hall–Kier alpha value is -0.870. The molecule has 0 saturated carbocycles. The molecule has 0 amide bonds. The summed E-state index contributed by atoms with van der Waals surface area (Å²) in [5.74, 6) is 0.655. The topological polar surface area (TPSA) is 61.3 Å². The zero-order chi connectivity index (χ0) is 8.32. The van der Waals surface area contributed by atoms with Gasteiger partial charge < -0.3 is 14.9 Å². The average Bonchev–Trinajstić information content (AvgIpc) is 2.55. The first-order chi connectivity index (χ1) is 5.23. The Kier molecular flexibility index (Phi) is 2.26. The molecule has 0 saturated heterocycles. The summed E-state index contributed by atoms with van der Waals surface area (Å²) in [4.78, 5) is 3.78. The third kappa shape index (κ3) is 1.41. The van der Waals surface area contributed by atoms with Crippen LogP contribution in [0.3, 0.4) is 0 Å². The van der Waals surface area contributed by atoms with Gasteiger partial charge in [-0.25, -0.2) is 4.98 Å². The lowest BCUT2D eigenvalue weighted by Crippen LogP contribution is -2.33. The number of hydrogen-bond donors (Lipinski definition) is 1. The van der Waals surface area contributed by atoms with E-state index in [-0.39, 0.29) is 0 Å². The van der Waals surface area contributed by atoms with Gasteiger partial charge in [0.25, 0.3) is 0 Å². The number of aromatic nitrogens is 1. The Labute approximate surface area is 65.4 Å². The van der Waals surface area contributed by atoms with Crippen LogP contribution < -0.4 is 5.73 Å². The fraction of sp³-hybridized carbons (Fsp3) is 0.571. The summed E-state index contributed by atoms with van der Waals surface area (Å²) in [6, 6.07) is 0. The van der Waals surface area contributed by atoms with Crippen molar-refractivity contribution >= 4 is 0 Å². The minimum Gasteiger partial charge on any atom is -0.445 e. The van der Waals surface area contributed by atoms with Crippen LogP contribution in [0.25, 0.3) is 0 Å². The van der Waals surface area contributed by atoms with Crippen LogP contribution in [0.1, 0.15) is 12.7 Å². The molecule has 1 atom stereocenters. The van der Waals surface area contributed by atoms with Gasteiger partial charge in [-0.3, -0.25) is 0 Å². The molecular formula is C7H12N2O2. The van der Waals surface area contributed by atoms with E-state index in [1.165, 1.54) is 6.39 Å². The highest BCUT2D eigenvalue weighted by atomic mass is 16.5. The van der Waals surface area contributed by atoms with Crippen LogP contribution in [0.4, 0.5) is 0 Å². The van der Waals surface area contributed by atoms with Crippen molar-refractivity contribution in [2.45, 2.75) is 12.5 Å². The number of nitrogens with two attached hydrogens (primary N) is 1. The van der Waals surface area contributed by atoms with Crippen molar-refractivity contribution in [2.24, 2.45) is 5.73 Å². The molecule has 0 bridgehead atoms. The Morgan fingerprint density at radius 3 is 2.91 bits per heavy atom. The van der Waals surface area contributed by atoms with E-state index in [4.69, 9.17) is 14.9 Å². The normalized spacial score (nSPS) is 16.3. The summed E-state index contributed by atoms with van der Waals surface area (Å²) >= 11 is 0. The quantitative estimate of drug-likeness (QED) is 0.692. The summed E-state index contributed by atoms with van der Waals surface area (Å²) in [7, 11) is 1.59. The molecule has 0 aromatic carbocycles. The third-order valence-electron chi connectivity index (χ3n) is 1.79. The van der Waals surface area contributed by atoms with Gasteiger partial charge in [-0.2, -0.15) is 0 Å². The first kappa shape index (κ1) is 8.23. The zero-order valence-corrected chi connectivity index (χ0v) is 6.70. The van der Waals surface area contributed by atoms with E-state index in [0.29, 0.717) is 12.3 Å². The van der Waals surface area contributed by atoms with Crippen LogP contribution >= 0.6 is 0 Å². The van der Waals surface area contributed by atoms with Crippen LogP contribution in [-0.2, 0) is 10.3 Å². The van der Waals surface area contributed by atoms with Crippen LogP contribution in [0, 0.1) is 0 Å². The van der Waals surface area contributed by atoms with Crippen LogP contribution in [0.5, 0.6) is 0 Å². The van der Waals surface area contributed by atoms with Gasteiger partial charge in [0.05, 0.1) is 6.20 Å². The number of oxazole rings is 1. The molecule has 1 unspecified atom stereocenters. The fourth-order valence-electron chi connectivity index (χ4n) is 0.761. The van der Waals surface area contributed by atoms with E-state index in [2.05, 4.69) is 4.98 Å². The average molecular weight is 156 g/mol. The fourth-order valence-corrected chi connectivity index (χ4v) is 0.761. The molecule has 2 N–H and O–H groups in total. The second-order valence-corrected chi connectivity index (χ2v) is 2.50. The molecule has 0 aliphatic carbocycles. The maximum absolute atomic E-state index is 5.50. The maximum atomic E-state index is 5.50. The van der Waals surface area contributed by atoms with Crippen molar-refractivity contribution in [3.63, 3.8) is 0 Å². The van der Waals surface area contributed by atoms with E-state index in [1.54, 1.807) is 13.3 Å². The van der Waals surface area contributed by atoms with Crippen LogP contribution in [-0.4, -0.2) is 18.6 Å². The second-order valence-electron chi connectivity index (χ2n) is 2.50. The molecule has 62 valence electrons. The smallest absolute Gasteiger partial charge is 0.181 e.